The lowest BCUT2D eigenvalue weighted by Crippen LogP contribution is -1.94. The highest BCUT2D eigenvalue weighted by atomic mass is 35.5. The van der Waals surface area contributed by atoms with E-state index in [-0.39, 0.29) is 36.0 Å². The molecule has 198 valence electrons. The van der Waals surface area contributed by atoms with Crippen molar-refractivity contribution < 1.29 is 19.8 Å². The first kappa shape index (κ1) is 27.3. The largest absolute Gasteiger partial charge is 0.493 e. The third kappa shape index (κ3) is 5.87. The minimum absolute atomic E-state index is 0.0971. The van der Waals surface area contributed by atoms with Gasteiger partial charge in [0.1, 0.15) is 0 Å². The molecule has 2 aromatic carbocycles. The van der Waals surface area contributed by atoms with Crippen LogP contribution in [-0.4, -0.2) is 31.2 Å². The van der Waals surface area contributed by atoms with E-state index in [2.05, 4.69) is 20.5 Å². The Morgan fingerprint density at radius 3 is 1.50 bits per heavy atom. The van der Waals surface area contributed by atoms with E-state index in [1.165, 1.54) is 0 Å². The van der Waals surface area contributed by atoms with Gasteiger partial charge in [-0.05, 0) is 49.2 Å². The first-order valence-corrected chi connectivity index (χ1v) is 12.8. The zero-order valence-electron chi connectivity index (χ0n) is 20.9. The summed E-state index contributed by atoms with van der Waals surface area (Å²) >= 11 is 12.1. The molecular weight excluding hydrogens is 531 g/mol. The second-order valence-corrected chi connectivity index (χ2v) is 9.76. The molecule has 2 N–H and O–H groups in total. The molecule has 0 aliphatic heterocycles. The molecule has 10 nitrogen and oxygen atoms in total. The van der Waals surface area contributed by atoms with E-state index in [0.29, 0.717) is 33.7 Å². The first-order valence-electron chi connectivity index (χ1n) is 12.0. The van der Waals surface area contributed by atoms with Crippen molar-refractivity contribution >= 4 is 68.2 Å². The second-order valence-electron chi connectivity index (χ2n) is 8.89. The van der Waals surface area contributed by atoms with Crippen LogP contribution in [0.5, 0.6) is 11.8 Å². The predicted octanol–water partition coefficient (Wildman–Crippen LogP) is 7.65. The topological polar surface area (TPSA) is 134 Å². The lowest BCUT2D eigenvalue weighted by atomic mass is 10.1. The van der Waals surface area contributed by atoms with Crippen molar-refractivity contribution in [1.29, 1.82) is 0 Å². The predicted molar refractivity (Wildman–Crippen MR) is 146 cm³/mol. The van der Waals surface area contributed by atoms with E-state index in [1.54, 1.807) is 59.6 Å². The molecule has 2 heterocycles. The van der Waals surface area contributed by atoms with Gasteiger partial charge in [0.05, 0.1) is 11.0 Å². The number of amides is 2. The van der Waals surface area contributed by atoms with Crippen molar-refractivity contribution in [3.05, 3.63) is 46.4 Å². The fourth-order valence-corrected chi connectivity index (χ4v) is 4.53. The van der Waals surface area contributed by atoms with Gasteiger partial charge in [0.25, 0.3) is 11.8 Å². The van der Waals surface area contributed by atoms with Crippen LogP contribution in [0.1, 0.15) is 38.5 Å². The van der Waals surface area contributed by atoms with Gasteiger partial charge in [0, 0.05) is 47.8 Å². The summed E-state index contributed by atoms with van der Waals surface area (Å²) in [6.07, 6.45) is 3.03. The van der Waals surface area contributed by atoms with Gasteiger partial charge in [-0.1, -0.05) is 36.0 Å². The van der Waals surface area contributed by atoms with Gasteiger partial charge in [0.15, 0.2) is 11.4 Å². The molecule has 0 spiro atoms. The SMILES string of the molecule is Cn1c(O)c(N=NC(=O)CCCCCCC(=O)N=Nc2c(O)n(C)c3ccc(Cl)cc23)c2cc(Cl)ccc21. The molecule has 0 radical (unpaired) electrons. The van der Waals surface area contributed by atoms with Crippen LogP contribution in [0.25, 0.3) is 21.8 Å². The monoisotopic (exact) mass is 556 g/mol. The van der Waals surface area contributed by atoms with Gasteiger partial charge in [-0.3, -0.25) is 9.59 Å². The number of carbonyl (C=O) groups is 2. The fraction of sp³-hybridized carbons (Fsp3) is 0.308. The smallest absolute Gasteiger partial charge is 0.264 e. The molecule has 2 aromatic heterocycles. The Bertz CT molecular complexity index is 1470. The van der Waals surface area contributed by atoms with Crippen LogP contribution < -0.4 is 0 Å². The number of hydrogen-bond acceptors (Lipinski definition) is 6. The number of carbonyl (C=O) groups excluding carboxylic acids is 2. The summed E-state index contributed by atoms with van der Waals surface area (Å²) < 4.78 is 3.09. The second kappa shape index (κ2) is 11.7. The minimum atomic E-state index is -0.400. The summed E-state index contributed by atoms with van der Waals surface area (Å²) in [6.45, 7) is 0. The van der Waals surface area contributed by atoms with Crippen molar-refractivity contribution in [3.63, 3.8) is 0 Å². The van der Waals surface area contributed by atoms with Crippen molar-refractivity contribution in [1.82, 2.24) is 9.13 Å². The Morgan fingerprint density at radius 2 is 1.11 bits per heavy atom. The fourth-order valence-electron chi connectivity index (χ4n) is 4.18. The third-order valence-electron chi connectivity index (χ3n) is 6.26. The molecule has 2 amide bonds. The molecule has 4 aromatic rings. The number of nitrogens with zero attached hydrogens (tertiary/aromatic N) is 6. The summed E-state index contributed by atoms with van der Waals surface area (Å²) in [5, 5.41) is 38.2. The minimum Gasteiger partial charge on any atom is -0.493 e. The Morgan fingerprint density at radius 1 is 0.711 bits per heavy atom. The van der Waals surface area contributed by atoms with Crippen LogP contribution in [0.2, 0.25) is 10.0 Å². The highest BCUT2D eigenvalue weighted by molar-refractivity contribution is 6.32. The van der Waals surface area contributed by atoms with E-state index < -0.39 is 11.8 Å². The molecule has 0 saturated heterocycles. The van der Waals surface area contributed by atoms with Crippen molar-refractivity contribution in [2.75, 3.05) is 0 Å². The maximum atomic E-state index is 12.2. The number of aryl methyl sites for hydroxylation is 2. The lowest BCUT2D eigenvalue weighted by Gasteiger charge is -1.98. The average Bonchev–Trinajstić information content (AvgIpc) is 3.26. The molecule has 0 aliphatic rings. The number of rotatable bonds is 9. The van der Waals surface area contributed by atoms with Crippen LogP contribution in [-0.2, 0) is 23.7 Å². The number of halogens is 2. The Balaban J connectivity index is 1.22. The van der Waals surface area contributed by atoms with Crippen LogP contribution in [0.15, 0.2) is 56.9 Å². The van der Waals surface area contributed by atoms with Gasteiger partial charge in [-0.15, -0.1) is 20.5 Å². The van der Waals surface area contributed by atoms with Crippen molar-refractivity contribution in [2.45, 2.75) is 38.5 Å². The maximum Gasteiger partial charge on any atom is 0.264 e. The molecule has 0 unspecified atom stereocenters. The third-order valence-corrected chi connectivity index (χ3v) is 6.73. The average molecular weight is 557 g/mol. The quantitative estimate of drug-likeness (QED) is 0.161. The molecule has 0 bridgehead atoms. The Hall–Kier alpha value is -3.76. The van der Waals surface area contributed by atoms with Crippen LogP contribution in [0.4, 0.5) is 11.4 Å². The van der Waals surface area contributed by atoms with Crippen LogP contribution in [0.3, 0.4) is 0 Å². The number of benzene rings is 2. The van der Waals surface area contributed by atoms with Gasteiger partial charge < -0.3 is 19.3 Å². The van der Waals surface area contributed by atoms with E-state index in [0.717, 1.165) is 23.9 Å². The Kier molecular flexibility index (Phi) is 8.43. The number of aromatic nitrogens is 2. The van der Waals surface area contributed by atoms with Crippen LogP contribution in [0, 0.1) is 0 Å². The first-order chi connectivity index (χ1) is 18.2. The van der Waals surface area contributed by atoms with E-state index >= 15 is 0 Å². The summed E-state index contributed by atoms with van der Waals surface area (Å²) in [7, 11) is 3.37. The highest BCUT2D eigenvalue weighted by Gasteiger charge is 2.16. The van der Waals surface area contributed by atoms with E-state index in [1.807, 2.05) is 0 Å². The zero-order valence-corrected chi connectivity index (χ0v) is 22.4. The number of unbranched alkanes of at least 4 members (excludes halogenated alkanes) is 3. The number of aromatic hydroxyl groups is 2. The van der Waals surface area contributed by atoms with Crippen molar-refractivity contribution in [3.8, 4) is 11.8 Å². The number of hydrogen-bond donors (Lipinski definition) is 2. The standard InChI is InChI=1S/C26H26Cl2N6O4/c1-33-19-11-9-15(27)13-17(19)23(25(33)37)31-29-21(35)7-5-3-4-6-8-22(36)30-32-24-18-14-16(28)10-12-20(18)34(2)26(24)38/h9-14,37-38H,3-8H2,1-2H3. The lowest BCUT2D eigenvalue weighted by molar-refractivity contribution is -0.119. The molecule has 0 saturated carbocycles. The summed E-state index contributed by atoms with van der Waals surface area (Å²) in [5.74, 6) is -0.994. The number of fused-ring (bicyclic) bond motifs is 2. The molecule has 0 fully saturated rings. The Labute approximate surface area is 228 Å². The summed E-state index contributed by atoms with van der Waals surface area (Å²) in [4.78, 5) is 24.3. The van der Waals surface area contributed by atoms with E-state index in [4.69, 9.17) is 23.2 Å². The molecule has 38 heavy (non-hydrogen) atoms. The van der Waals surface area contributed by atoms with Gasteiger partial charge >= 0.3 is 0 Å². The zero-order chi connectivity index (χ0) is 27.4. The maximum absolute atomic E-state index is 12.2. The molecule has 12 heteroatoms. The van der Waals surface area contributed by atoms with Gasteiger partial charge in [-0.2, -0.15) is 0 Å². The summed E-state index contributed by atoms with van der Waals surface area (Å²) in [6, 6.07) is 10.3. The van der Waals surface area contributed by atoms with Crippen LogP contribution >= 0.6 is 23.2 Å². The highest BCUT2D eigenvalue weighted by Crippen LogP contribution is 2.40. The molecular formula is C26H26Cl2N6O4. The summed E-state index contributed by atoms with van der Waals surface area (Å²) in [5.41, 5.74) is 1.85. The molecule has 4 rings (SSSR count). The van der Waals surface area contributed by atoms with Gasteiger partial charge in [-0.25, -0.2) is 0 Å². The normalized spacial score (nSPS) is 12.0. The molecule has 0 aliphatic carbocycles. The van der Waals surface area contributed by atoms with Crippen molar-refractivity contribution in [2.24, 2.45) is 34.6 Å². The molecule has 0 atom stereocenters. The van der Waals surface area contributed by atoms with Gasteiger partial charge in [0.2, 0.25) is 11.8 Å². The van der Waals surface area contributed by atoms with E-state index in [9.17, 15) is 19.8 Å². The number of azo groups is 2.